The number of esters is 1. The molecule has 0 aliphatic carbocycles. The molecule has 0 radical (unpaired) electrons. The van der Waals surface area contributed by atoms with Crippen molar-refractivity contribution in [3.63, 3.8) is 0 Å². The molecule has 0 aliphatic heterocycles. The summed E-state index contributed by atoms with van der Waals surface area (Å²) in [7, 11) is 3.86. The van der Waals surface area contributed by atoms with Crippen molar-refractivity contribution in [3.8, 4) is 0 Å². The molecule has 0 saturated heterocycles. The molecule has 0 fully saturated rings. The van der Waals surface area contributed by atoms with Crippen LogP contribution in [0.4, 0.5) is 11.4 Å². The van der Waals surface area contributed by atoms with Crippen LogP contribution in [-0.2, 0) is 14.3 Å². The molecule has 2 aromatic rings. The molecule has 2 rings (SSSR count). The predicted octanol–water partition coefficient (Wildman–Crippen LogP) is 2.43. The summed E-state index contributed by atoms with van der Waals surface area (Å²) in [4.78, 5) is 37.6. The number of hydrogen-bond acceptors (Lipinski definition) is 6. The number of carbonyl (C=O) groups is 3. The number of nitrogens with one attached hydrogen (secondary N) is 2. The van der Waals surface area contributed by atoms with Crippen LogP contribution in [0.2, 0.25) is 0 Å². The van der Waals surface area contributed by atoms with Gasteiger partial charge in [0.25, 0.3) is 11.8 Å². The Kier molecular flexibility index (Phi) is 7.62. The molecule has 1 aromatic heterocycles. The molecule has 1 aromatic carbocycles. The van der Waals surface area contributed by atoms with Crippen molar-refractivity contribution in [2.24, 2.45) is 0 Å². The van der Waals surface area contributed by atoms with E-state index in [1.165, 1.54) is 13.2 Å². The fourth-order valence-corrected chi connectivity index (χ4v) is 2.33. The normalized spacial score (nSPS) is 11.4. The molecule has 150 valence electrons. The standard InChI is InChI=1S/C20H25N3O5/c1-14(19(25)22-15-8-10-16(11-9-15)23(2)3)28-18(24)7-4-12-21-20(26)17-6-5-13-27-17/h5-6,8-11,13-14H,4,7,12H2,1-3H3,(H,21,26)(H,22,25). The van der Waals surface area contributed by atoms with E-state index in [0.717, 1.165) is 5.69 Å². The van der Waals surface area contributed by atoms with Crippen molar-refractivity contribution in [1.29, 1.82) is 0 Å². The van der Waals surface area contributed by atoms with Gasteiger partial charge in [0.05, 0.1) is 6.26 Å². The smallest absolute Gasteiger partial charge is 0.306 e. The lowest BCUT2D eigenvalue weighted by Gasteiger charge is -2.15. The Morgan fingerprint density at radius 2 is 1.86 bits per heavy atom. The monoisotopic (exact) mass is 387 g/mol. The first-order valence-corrected chi connectivity index (χ1v) is 8.96. The van der Waals surface area contributed by atoms with Crippen LogP contribution in [-0.4, -0.2) is 44.5 Å². The first-order valence-electron chi connectivity index (χ1n) is 8.96. The van der Waals surface area contributed by atoms with Crippen LogP contribution >= 0.6 is 0 Å². The van der Waals surface area contributed by atoms with Crippen molar-refractivity contribution in [1.82, 2.24) is 5.32 Å². The third-order valence-electron chi connectivity index (χ3n) is 3.92. The van der Waals surface area contributed by atoms with Gasteiger partial charge in [-0.15, -0.1) is 0 Å². The molecule has 2 N–H and O–H groups in total. The van der Waals surface area contributed by atoms with Gasteiger partial charge in [-0.25, -0.2) is 0 Å². The number of benzene rings is 1. The second-order valence-electron chi connectivity index (χ2n) is 6.40. The van der Waals surface area contributed by atoms with Crippen molar-refractivity contribution >= 4 is 29.2 Å². The fraction of sp³-hybridized carbons (Fsp3) is 0.350. The van der Waals surface area contributed by atoms with E-state index in [9.17, 15) is 14.4 Å². The molecule has 0 aliphatic rings. The number of rotatable bonds is 9. The SMILES string of the molecule is CC(OC(=O)CCCNC(=O)c1ccco1)C(=O)Nc1ccc(N(C)C)cc1. The molecule has 8 nitrogen and oxygen atoms in total. The van der Waals surface area contributed by atoms with Crippen LogP contribution in [0.15, 0.2) is 47.1 Å². The molecular formula is C20H25N3O5. The van der Waals surface area contributed by atoms with Gasteiger partial charge < -0.3 is 24.7 Å². The highest BCUT2D eigenvalue weighted by atomic mass is 16.5. The Labute approximate surface area is 163 Å². The number of furan rings is 1. The molecule has 0 bridgehead atoms. The summed E-state index contributed by atoms with van der Waals surface area (Å²) in [5.41, 5.74) is 1.63. The van der Waals surface area contributed by atoms with Crippen molar-refractivity contribution in [2.45, 2.75) is 25.9 Å². The van der Waals surface area contributed by atoms with Gasteiger partial charge in [0, 0.05) is 38.4 Å². The van der Waals surface area contributed by atoms with E-state index >= 15 is 0 Å². The van der Waals surface area contributed by atoms with Gasteiger partial charge in [-0.1, -0.05) is 0 Å². The van der Waals surface area contributed by atoms with E-state index < -0.39 is 18.0 Å². The zero-order valence-electron chi connectivity index (χ0n) is 16.2. The van der Waals surface area contributed by atoms with E-state index in [4.69, 9.17) is 9.15 Å². The lowest BCUT2D eigenvalue weighted by Crippen LogP contribution is -2.30. The minimum absolute atomic E-state index is 0.0909. The molecule has 1 atom stereocenters. The van der Waals surface area contributed by atoms with Crippen LogP contribution < -0.4 is 15.5 Å². The number of nitrogens with zero attached hydrogens (tertiary/aromatic N) is 1. The van der Waals surface area contributed by atoms with Crippen molar-refractivity contribution in [3.05, 3.63) is 48.4 Å². The Morgan fingerprint density at radius 1 is 1.14 bits per heavy atom. The minimum atomic E-state index is -0.918. The van der Waals surface area contributed by atoms with Crippen LogP contribution in [0, 0.1) is 0 Å². The lowest BCUT2D eigenvalue weighted by molar-refractivity contribution is -0.153. The van der Waals surface area contributed by atoms with E-state index in [2.05, 4.69) is 10.6 Å². The largest absolute Gasteiger partial charge is 0.459 e. The molecule has 0 saturated carbocycles. The van der Waals surface area contributed by atoms with Gasteiger partial charge >= 0.3 is 5.97 Å². The van der Waals surface area contributed by atoms with Gasteiger partial charge in [-0.05, 0) is 49.7 Å². The summed E-state index contributed by atoms with van der Waals surface area (Å²) >= 11 is 0. The Balaban J connectivity index is 1.68. The summed E-state index contributed by atoms with van der Waals surface area (Å²) in [6, 6.07) is 10.5. The van der Waals surface area contributed by atoms with E-state index in [0.29, 0.717) is 18.7 Å². The lowest BCUT2D eigenvalue weighted by atomic mass is 10.2. The zero-order valence-corrected chi connectivity index (χ0v) is 16.2. The number of amides is 2. The maximum atomic E-state index is 12.2. The van der Waals surface area contributed by atoms with Crippen LogP contribution in [0.5, 0.6) is 0 Å². The van der Waals surface area contributed by atoms with Crippen LogP contribution in [0.3, 0.4) is 0 Å². The summed E-state index contributed by atoms with van der Waals surface area (Å²) in [6.45, 7) is 1.81. The number of ether oxygens (including phenoxy) is 1. The van der Waals surface area contributed by atoms with E-state index in [-0.39, 0.29) is 18.1 Å². The van der Waals surface area contributed by atoms with Gasteiger partial charge in [0.15, 0.2) is 11.9 Å². The molecule has 0 spiro atoms. The summed E-state index contributed by atoms with van der Waals surface area (Å²) in [5, 5.41) is 5.35. The molecule has 1 heterocycles. The Morgan fingerprint density at radius 3 is 2.46 bits per heavy atom. The molecule has 8 heteroatoms. The van der Waals surface area contributed by atoms with E-state index in [1.54, 1.807) is 24.3 Å². The van der Waals surface area contributed by atoms with E-state index in [1.807, 2.05) is 31.1 Å². The molecule has 2 amide bonds. The average molecular weight is 387 g/mol. The highest BCUT2D eigenvalue weighted by molar-refractivity contribution is 5.95. The Hall–Kier alpha value is -3.29. The summed E-state index contributed by atoms with van der Waals surface area (Å²) in [5.74, 6) is -1.03. The second-order valence-corrected chi connectivity index (χ2v) is 6.40. The quantitative estimate of drug-likeness (QED) is 0.506. The number of anilines is 2. The number of carbonyl (C=O) groups excluding carboxylic acids is 3. The van der Waals surface area contributed by atoms with Gasteiger partial charge in [-0.3, -0.25) is 14.4 Å². The van der Waals surface area contributed by atoms with Crippen molar-refractivity contribution in [2.75, 3.05) is 30.9 Å². The highest BCUT2D eigenvalue weighted by Gasteiger charge is 2.18. The maximum absolute atomic E-state index is 12.2. The molecular weight excluding hydrogens is 362 g/mol. The minimum Gasteiger partial charge on any atom is -0.459 e. The average Bonchev–Trinajstić information content (AvgIpc) is 3.20. The first kappa shape index (κ1) is 21.0. The first-order chi connectivity index (χ1) is 13.4. The fourth-order valence-electron chi connectivity index (χ4n) is 2.33. The van der Waals surface area contributed by atoms with Crippen LogP contribution in [0.25, 0.3) is 0 Å². The zero-order chi connectivity index (χ0) is 20.5. The summed E-state index contributed by atoms with van der Waals surface area (Å²) in [6.07, 6.45) is 0.980. The maximum Gasteiger partial charge on any atom is 0.306 e. The third kappa shape index (κ3) is 6.46. The topological polar surface area (TPSA) is 101 Å². The molecule has 28 heavy (non-hydrogen) atoms. The highest BCUT2D eigenvalue weighted by Crippen LogP contribution is 2.16. The summed E-state index contributed by atoms with van der Waals surface area (Å²) < 4.78 is 10.1. The third-order valence-corrected chi connectivity index (χ3v) is 3.92. The Bertz CT molecular complexity index is 785. The second kappa shape index (κ2) is 10.1. The number of hydrogen-bond donors (Lipinski definition) is 2. The molecule has 1 unspecified atom stereocenters. The van der Waals surface area contributed by atoms with Gasteiger partial charge in [0.1, 0.15) is 0 Å². The van der Waals surface area contributed by atoms with Gasteiger partial charge in [0.2, 0.25) is 0 Å². The van der Waals surface area contributed by atoms with Crippen LogP contribution in [0.1, 0.15) is 30.3 Å². The van der Waals surface area contributed by atoms with Gasteiger partial charge in [-0.2, -0.15) is 0 Å². The van der Waals surface area contributed by atoms with Crippen molar-refractivity contribution < 1.29 is 23.5 Å². The predicted molar refractivity (Wildman–Crippen MR) is 105 cm³/mol.